The van der Waals surface area contributed by atoms with Gasteiger partial charge in [-0.3, -0.25) is 9.67 Å². The van der Waals surface area contributed by atoms with E-state index in [0.717, 1.165) is 34.2 Å². The largest absolute Gasteiger partial charge is 0.383 e. The first-order valence-electron chi connectivity index (χ1n) is 6.50. The highest BCUT2D eigenvalue weighted by Crippen LogP contribution is 2.27. The molecule has 0 radical (unpaired) electrons. The Kier molecular flexibility index (Phi) is 3.69. The summed E-state index contributed by atoms with van der Waals surface area (Å²) in [6, 6.07) is 8.11. The van der Waals surface area contributed by atoms with E-state index >= 15 is 0 Å². The first-order valence-corrected chi connectivity index (χ1v) is 7.29. The maximum absolute atomic E-state index is 4.41. The zero-order chi connectivity index (χ0) is 13.9. The fraction of sp³-hybridized carbons (Fsp3) is 0.200. The minimum atomic E-state index is 0.826. The summed E-state index contributed by atoms with van der Waals surface area (Å²) in [6.45, 7) is 3.71. The summed E-state index contributed by atoms with van der Waals surface area (Å²) in [6.07, 6.45) is 5.75. The number of anilines is 1. The summed E-state index contributed by atoms with van der Waals surface area (Å²) >= 11 is 3.53. The molecule has 2 heterocycles. The van der Waals surface area contributed by atoms with E-state index in [9.17, 15) is 0 Å². The zero-order valence-corrected chi connectivity index (χ0v) is 12.8. The molecule has 1 aromatic carbocycles. The van der Waals surface area contributed by atoms with E-state index in [1.807, 2.05) is 48.4 Å². The van der Waals surface area contributed by atoms with Gasteiger partial charge in [0.15, 0.2) is 0 Å². The molecule has 102 valence electrons. The summed E-state index contributed by atoms with van der Waals surface area (Å²) in [5.74, 6) is 0. The third kappa shape index (κ3) is 2.67. The zero-order valence-electron chi connectivity index (χ0n) is 11.2. The van der Waals surface area contributed by atoms with Crippen molar-refractivity contribution >= 4 is 32.5 Å². The number of pyridine rings is 1. The number of hydrogen-bond donors (Lipinski definition) is 1. The van der Waals surface area contributed by atoms with Crippen LogP contribution in [-0.4, -0.2) is 21.3 Å². The molecule has 0 aliphatic carbocycles. The number of aromatic nitrogens is 3. The SMILES string of the molecule is Cc1cnn(CCNc2ccnc3c(Br)cccc23)c1. The van der Waals surface area contributed by atoms with Crippen LogP contribution in [0.2, 0.25) is 0 Å². The van der Waals surface area contributed by atoms with Crippen molar-refractivity contribution in [3.8, 4) is 0 Å². The number of para-hydroxylation sites is 1. The number of halogens is 1. The molecule has 0 saturated carbocycles. The van der Waals surface area contributed by atoms with Crippen LogP contribution in [0.25, 0.3) is 10.9 Å². The van der Waals surface area contributed by atoms with Gasteiger partial charge in [0.2, 0.25) is 0 Å². The van der Waals surface area contributed by atoms with Crippen LogP contribution in [0.4, 0.5) is 5.69 Å². The quantitative estimate of drug-likeness (QED) is 0.794. The van der Waals surface area contributed by atoms with E-state index in [4.69, 9.17) is 0 Å². The first-order chi connectivity index (χ1) is 9.74. The van der Waals surface area contributed by atoms with Crippen LogP contribution in [0.3, 0.4) is 0 Å². The van der Waals surface area contributed by atoms with Gasteiger partial charge in [-0.1, -0.05) is 12.1 Å². The Bertz CT molecular complexity index is 736. The number of hydrogen-bond acceptors (Lipinski definition) is 3. The number of rotatable bonds is 4. The van der Waals surface area contributed by atoms with Crippen LogP contribution in [-0.2, 0) is 6.54 Å². The summed E-state index contributed by atoms with van der Waals surface area (Å²) in [7, 11) is 0. The fourth-order valence-electron chi connectivity index (χ4n) is 2.19. The molecule has 0 saturated heterocycles. The van der Waals surface area contributed by atoms with Crippen LogP contribution in [0.5, 0.6) is 0 Å². The molecule has 5 heteroatoms. The van der Waals surface area contributed by atoms with Crippen molar-refractivity contribution in [2.24, 2.45) is 0 Å². The van der Waals surface area contributed by atoms with Gasteiger partial charge in [-0.05, 0) is 40.5 Å². The summed E-state index contributed by atoms with van der Waals surface area (Å²) in [5.41, 5.74) is 3.26. The molecular formula is C15H15BrN4. The second-order valence-corrected chi connectivity index (χ2v) is 5.56. The lowest BCUT2D eigenvalue weighted by atomic mass is 10.2. The van der Waals surface area contributed by atoms with Crippen LogP contribution in [0.1, 0.15) is 5.56 Å². The van der Waals surface area contributed by atoms with Gasteiger partial charge in [-0.25, -0.2) is 0 Å². The highest BCUT2D eigenvalue weighted by atomic mass is 79.9. The van der Waals surface area contributed by atoms with Crippen molar-refractivity contribution in [2.45, 2.75) is 13.5 Å². The van der Waals surface area contributed by atoms with E-state index < -0.39 is 0 Å². The van der Waals surface area contributed by atoms with E-state index in [-0.39, 0.29) is 0 Å². The molecule has 4 nitrogen and oxygen atoms in total. The Morgan fingerprint density at radius 3 is 3.00 bits per heavy atom. The minimum absolute atomic E-state index is 0.826. The van der Waals surface area contributed by atoms with Gasteiger partial charge in [0.1, 0.15) is 0 Å². The maximum Gasteiger partial charge on any atom is 0.0864 e. The standard InChI is InChI=1S/C15H15BrN4/c1-11-9-19-20(10-11)8-7-17-14-5-6-18-15-12(14)3-2-4-13(15)16/h2-6,9-10H,7-8H2,1H3,(H,17,18). The van der Waals surface area contributed by atoms with Gasteiger partial charge >= 0.3 is 0 Å². The molecule has 0 aliphatic rings. The summed E-state index contributed by atoms with van der Waals surface area (Å²) in [5, 5.41) is 8.85. The molecule has 0 unspecified atom stereocenters. The Hall–Kier alpha value is -1.88. The Morgan fingerprint density at radius 1 is 1.30 bits per heavy atom. The van der Waals surface area contributed by atoms with Gasteiger partial charge in [-0.15, -0.1) is 0 Å². The van der Waals surface area contributed by atoms with Crippen LogP contribution < -0.4 is 5.32 Å². The average molecular weight is 331 g/mol. The third-order valence-electron chi connectivity index (χ3n) is 3.14. The summed E-state index contributed by atoms with van der Waals surface area (Å²) < 4.78 is 2.96. The third-order valence-corrected chi connectivity index (χ3v) is 3.78. The van der Waals surface area contributed by atoms with E-state index in [1.54, 1.807) is 0 Å². The van der Waals surface area contributed by atoms with Gasteiger partial charge in [0.05, 0.1) is 18.3 Å². The van der Waals surface area contributed by atoms with Crippen molar-refractivity contribution < 1.29 is 0 Å². The molecule has 0 bridgehead atoms. The molecule has 20 heavy (non-hydrogen) atoms. The lowest BCUT2D eigenvalue weighted by molar-refractivity contribution is 0.638. The van der Waals surface area contributed by atoms with Crippen molar-refractivity contribution in [2.75, 3.05) is 11.9 Å². The number of nitrogens with one attached hydrogen (secondary N) is 1. The highest BCUT2D eigenvalue weighted by Gasteiger charge is 2.04. The van der Waals surface area contributed by atoms with Gasteiger partial charge in [-0.2, -0.15) is 5.10 Å². The predicted octanol–water partition coefficient (Wildman–Crippen LogP) is 3.61. The Morgan fingerprint density at radius 2 is 2.20 bits per heavy atom. The van der Waals surface area contributed by atoms with Crippen LogP contribution >= 0.6 is 15.9 Å². The normalized spacial score (nSPS) is 10.9. The highest BCUT2D eigenvalue weighted by molar-refractivity contribution is 9.10. The van der Waals surface area contributed by atoms with E-state index in [2.05, 4.69) is 37.4 Å². The van der Waals surface area contributed by atoms with Crippen LogP contribution in [0, 0.1) is 6.92 Å². The summed E-state index contributed by atoms with van der Waals surface area (Å²) in [4.78, 5) is 4.41. The predicted molar refractivity (Wildman–Crippen MR) is 84.9 cm³/mol. The first kappa shape index (κ1) is 13.1. The number of aryl methyl sites for hydroxylation is 1. The number of nitrogens with zero attached hydrogens (tertiary/aromatic N) is 3. The van der Waals surface area contributed by atoms with Crippen molar-refractivity contribution in [1.82, 2.24) is 14.8 Å². The van der Waals surface area contributed by atoms with Gasteiger partial charge in [0.25, 0.3) is 0 Å². The monoisotopic (exact) mass is 330 g/mol. The molecule has 3 rings (SSSR count). The molecule has 0 atom stereocenters. The average Bonchev–Trinajstić information content (AvgIpc) is 2.86. The second kappa shape index (κ2) is 5.63. The second-order valence-electron chi connectivity index (χ2n) is 4.70. The molecule has 0 aliphatic heterocycles. The minimum Gasteiger partial charge on any atom is -0.383 e. The Balaban J connectivity index is 1.76. The topological polar surface area (TPSA) is 42.7 Å². The smallest absolute Gasteiger partial charge is 0.0864 e. The molecule has 0 amide bonds. The number of fused-ring (bicyclic) bond motifs is 1. The van der Waals surface area contributed by atoms with Gasteiger partial charge < -0.3 is 5.32 Å². The molecule has 2 aromatic heterocycles. The molecule has 1 N–H and O–H groups in total. The Labute approximate surface area is 126 Å². The molecular weight excluding hydrogens is 316 g/mol. The molecule has 0 fully saturated rings. The maximum atomic E-state index is 4.41. The molecule has 3 aromatic rings. The van der Waals surface area contributed by atoms with E-state index in [1.165, 1.54) is 5.56 Å². The van der Waals surface area contributed by atoms with Crippen molar-refractivity contribution in [3.63, 3.8) is 0 Å². The number of benzene rings is 1. The van der Waals surface area contributed by atoms with Crippen molar-refractivity contribution in [3.05, 3.63) is 52.9 Å². The lowest BCUT2D eigenvalue weighted by Crippen LogP contribution is -2.11. The van der Waals surface area contributed by atoms with E-state index in [0.29, 0.717) is 0 Å². The fourth-order valence-corrected chi connectivity index (χ4v) is 2.66. The van der Waals surface area contributed by atoms with Crippen molar-refractivity contribution in [1.29, 1.82) is 0 Å². The van der Waals surface area contributed by atoms with Crippen LogP contribution in [0.15, 0.2) is 47.3 Å². The lowest BCUT2D eigenvalue weighted by Gasteiger charge is -2.10. The van der Waals surface area contributed by atoms with Gasteiger partial charge in [0, 0.05) is 34.5 Å². The molecule has 0 spiro atoms.